The number of carbonyl (C=O) groups excluding carboxylic acids is 1. The third kappa shape index (κ3) is 44.2. The molecule has 0 aliphatic carbocycles. The minimum Gasteiger partial charge on any atom is -0.550 e. The normalized spacial score (nSPS) is 11.2. The van der Waals surface area contributed by atoms with E-state index >= 15 is 0 Å². The Morgan fingerprint density at radius 1 is 0.302 bits per heavy atom. The van der Waals surface area contributed by atoms with E-state index in [1.165, 1.54) is 225 Å². The SMILES string of the molecule is CCCCCCCCCCCCCCCCCCCCCCCCCCCCCCCCCCCCCCCC(=O)[O-].[Li+]. The smallest absolute Gasteiger partial charge is 0.550 e. The van der Waals surface area contributed by atoms with Crippen molar-refractivity contribution in [3.8, 4) is 0 Å². The fraction of sp³-hybridized carbons (Fsp3) is 0.975. The van der Waals surface area contributed by atoms with Crippen LogP contribution < -0.4 is 24.0 Å². The zero-order valence-electron chi connectivity index (χ0n) is 30.2. The number of carbonyl (C=O) groups is 1. The number of carboxylic acid groups (broad SMARTS) is 1. The van der Waals surface area contributed by atoms with Crippen molar-refractivity contribution in [3.63, 3.8) is 0 Å². The second-order valence-corrected chi connectivity index (χ2v) is 13.8. The van der Waals surface area contributed by atoms with Gasteiger partial charge in [0.25, 0.3) is 0 Å². The maximum absolute atomic E-state index is 10.4. The molecule has 0 saturated carbocycles. The summed E-state index contributed by atoms with van der Waals surface area (Å²) in [6.45, 7) is 2.30. The third-order valence-electron chi connectivity index (χ3n) is 9.48. The minimum atomic E-state index is -0.897. The molecule has 3 heteroatoms. The van der Waals surface area contributed by atoms with E-state index in [4.69, 9.17) is 0 Å². The van der Waals surface area contributed by atoms with Crippen molar-refractivity contribution in [1.29, 1.82) is 0 Å². The zero-order chi connectivity index (χ0) is 30.4. The van der Waals surface area contributed by atoms with Gasteiger partial charge in [0.2, 0.25) is 0 Å². The van der Waals surface area contributed by atoms with E-state index < -0.39 is 5.97 Å². The van der Waals surface area contributed by atoms with E-state index in [2.05, 4.69) is 6.92 Å². The van der Waals surface area contributed by atoms with Crippen molar-refractivity contribution < 1.29 is 28.8 Å². The van der Waals surface area contributed by atoms with Crippen LogP contribution in [0.2, 0.25) is 0 Å². The Morgan fingerprint density at radius 3 is 0.581 bits per heavy atom. The molecular formula is C40H79LiO2. The topological polar surface area (TPSA) is 40.1 Å². The van der Waals surface area contributed by atoms with Crippen LogP contribution in [0.1, 0.15) is 251 Å². The molecule has 252 valence electrons. The van der Waals surface area contributed by atoms with Gasteiger partial charge in [-0.25, -0.2) is 0 Å². The Kier molecular flexibility index (Phi) is 44.2. The molecule has 0 aliphatic rings. The molecule has 0 aromatic heterocycles. The van der Waals surface area contributed by atoms with Crippen LogP contribution in [-0.4, -0.2) is 5.97 Å². The van der Waals surface area contributed by atoms with E-state index in [1.54, 1.807) is 0 Å². The molecule has 2 nitrogen and oxygen atoms in total. The standard InChI is InChI=1S/C40H80O2.Li/c1-2-3-4-5-6-7-8-9-10-11-12-13-14-15-16-17-18-19-20-21-22-23-24-25-26-27-28-29-30-31-32-33-34-35-36-37-38-39-40(41)42;/h2-39H2,1H3,(H,41,42);/q;+1/p-1. The molecule has 0 atom stereocenters. The minimum absolute atomic E-state index is 0. The molecule has 43 heavy (non-hydrogen) atoms. The predicted octanol–water partition coefficient (Wildman–Crippen LogP) is 10.6. The summed E-state index contributed by atoms with van der Waals surface area (Å²) in [7, 11) is 0. The Morgan fingerprint density at radius 2 is 0.442 bits per heavy atom. The van der Waals surface area contributed by atoms with Gasteiger partial charge in [-0.05, 0) is 12.8 Å². The van der Waals surface area contributed by atoms with Gasteiger partial charge in [-0.3, -0.25) is 0 Å². The number of rotatable bonds is 38. The van der Waals surface area contributed by atoms with Crippen LogP contribution in [0.25, 0.3) is 0 Å². The molecule has 0 amide bonds. The molecule has 0 aromatic carbocycles. The van der Waals surface area contributed by atoms with Crippen LogP contribution in [-0.2, 0) is 4.79 Å². The second kappa shape index (κ2) is 42.1. The van der Waals surface area contributed by atoms with Crippen LogP contribution in [0.3, 0.4) is 0 Å². The summed E-state index contributed by atoms with van der Waals surface area (Å²) < 4.78 is 0. The molecule has 0 aliphatic heterocycles. The maximum Gasteiger partial charge on any atom is 1.00 e. The zero-order valence-corrected chi connectivity index (χ0v) is 30.2. The van der Waals surface area contributed by atoms with E-state index in [0.717, 1.165) is 12.8 Å². The predicted molar refractivity (Wildman–Crippen MR) is 186 cm³/mol. The third-order valence-corrected chi connectivity index (χ3v) is 9.48. The summed E-state index contributed by atoms with van der Waals surface area (Å²) in [5.41, 5.74) is 0. The number of aliphatic carboxylic acids is 1. The van der Waals surface area contributed by atoms with Gasteiger partial charge in [0, 0.05) is 5.97 Å². The largest absolute Gasteiger partial charge is 1.00 e. The fourth-order valence-electron chi connectivity index (χ4n) is 6.53. The molecule has 0 radical (unpaired) electrons. The van der Waals surface area contributed by atoms with Gasteiger partial charge in [-0.2, -0.15) is 0 Å². The van der Waals surface area contributed by atoms with Gasteiger partial charge in [0.15, 0.2) is 0 Å². The van der Waals surface area contributed by atoms with Gasteiger partial charge < -0.3 is 9.90 Å². The summed E-state index contributed by atoms with van der Waals surface area (Å²) in [5, 5.41) is 10.4. The van der Waals surface area contributed by atoms with Gasteiger partial charge in [0.1, 0.15) is 0 Å². The Bertz CT molecular complexity index is 495. The Labute approximate surface area is 284 Å². The summed E-state index contributed by atoms with van der Waals surface area (Å²) in [4.78, 5) is 10.4. The molecule has 0 bridgehead atoms. The fourth-order valence-corrected chi connectivity index (χ4v) is 6.53. The molecule has 0 unspecified atom stereocenters. The molecule has 0 spiro atoms. The van der Waals surface area contributed by atoms with E-state index in [-0.39, 0.29) is 25.3 Å². The van der Waals surface area contributed by atoms with E-state index in [1.807, 2.05) is 0 Å². The molecule has 0 N–H and O–H groups in total. The monoisotopic (exact) mass is 599 g/mol. The van der Waals surface area contributed by atoms with Crippen molar-refractivity contribution in [2.75, 3.05) is 0 Å². The average molecular weight is 599 g/mol. The summed E-state index contributed by atoms with van der Waals surface area (Å²) in [6.07, 6.45) is 52.5. The van der Waals surface area contributed by atoms with Crippen LogP contribution >= 0.6 is 0 Å². The molecule has 0 saturated heterocycles. The number of unbranched alkanes of at least 4 members (excludes halogenated alkanes) is 36. The van der Waals surface area contributed by atoms with Crippen molar-refractivity contribution >= 4 is 5.97 Å². The molecule has 0 rings (SSSR count). The Hall–Kier alpha value is 0.0674. The first-order chi connectivity index (χ1) is 20.8. The van der Waals surface area contributed by atoms with Gasteiger partial charge in [-0.1, -0.05) is 238 Å². The van der Waals surface area contributed by atoms with Crippen LogP contribution in [0.4, 0.5) is 0 Å². The number of hydrogen-bond acceptors (Lipinski definition) is 2. The van der Waals surface area contributed by atoms with E-state index in [9.17, 15) is 9.90 Å². The van der Waals surface area contributed by atoms with Crippen molar-refractivity contribution in [2.45, 2.75) is 251 Å². The summed E-state index contributed by atoms with van der Waals surface area (Å²) in [5.74, 6) is -0.897. The number of hydrogen-bond donors (Lipinski definition) is 0. The van der Waals surface area contributed by atoms with Crippen molar-refractivity contribution in [3.05, 3.63) is 0 Å². The maximum atomic E-state index is 10.4. The van der Waals surface area contributed by atoms with Gasteiger partial charge in [-0.15, -0.1) is 0 Å². The second-order valence-electron chi connectivity index (χ2n) is 13.8. The Balaban J connectivity index is 0. The molecule has 0 heterocycles. The first-order valence-corrected chi connectivity index (χ1v) is 20.0. The molecule has 0 fully saturated rings. The summed E-state index contributed by atoms with van der Waals surface area (Å²) >= 11 is 0. The van der Waals surface area contributed by atoms with E-state index in [0.29, 0.717) is 0 Å². The average Bonchev–Trinajstić information content (AvgIpc) is 2.98. The molecular weight excluding hydrogens is 519 g/mol. The van der Waals surface area contributed by atoms with Crippen molar-refractivity contribution in [1.82, 2.24) is 0 Å². The summed E-state index contributed by atoms with van der Waals surface area (Å²) in [6, 6.07) is 0. The quantitative estimate of drug-likeness (QED) is 0.0524. The van der Waals surface area contributed by atoms with Crippen LogP contribution in [0.5, 0.6) is 0 Å². The first kappa shape index (κ1) is 45.2. The van der Waals surface area contributed by atoms with Crippen LogP contribution in [0.15, 0.2) is 0 Å². The van der Waals surface area contributed by atoms with Gasteiger partial charge in [0.05, 0.1) is 0 Å². The van der Waals surface area contributed by atoms with Crippen LogP contribution in [0, 0.1) is 0 Å². The first-order valence-electron chi connectivity index (χ1n) is 20.0. The van der Waals surface area contributed by atoms with Gasteiger partial charge >= 0.3 is 18.9 Å². The molecule has 0 aromatic rings. The number of carboxylic acids is 1. The van der Waals surface area contributed by atoms with Crippen molar-refractivity contribution in [2.24, 2.45) is 0 Å².